The second-order valence-corrected chi connectivity index (χ2v) is 6.01. The summed E-state index contributed by atoms with van der Waals surface area (Å²) in [5, 5.41) is 13.6. The Hall–Kier alpha value is -2.35. The van der Waals surface area contributed by atoms with Gasteiger partial charge in [-0.3, -0.25) is 4.79 Å². The van der Waals surface area contributed by atoms with Crippen molar-refractivity contribution in [2.45, 2.75) is 5.60 Å². The lowest BCUT2D eigenvalue weighted by molar-refractivity contribution is -0.0334. The van der Waals surface area contributed by atoms with Crippen molar-refractivity contribution in [1.29, 1.82) is 0 Å². The maximum atomic E-state index is 12.4. The van der Waals surface area contributed by atoms with Crippen molar-refractivity contribution >= 4 is 28.7 Å². The number of aliphatic hydroxyl groups is 1. The summed E-state index contributed by atoms with van der Waals surface area (Å²) in [7, 11) is 1.51. The number of hydrogen-bond donors (Lipinski definition) is 2. The molecule has 0 bridgehead atoms. The van der Waals surface area contributed by atoms with Crippen molar-refractivity contribution in [1.82, 2.24) is 14.1 Å². The molecule has 0 aliphatic heterocycles. The molecule has 3 rings (SSSR count). The van der Waals surface area contributed by atoms with Crippen LogP contribution in [0.4, 0.5) is 0 Å². The van der Waals surface area contributed by atoms with Crippen LogP contribution in [-0.2, 0) is 10.3 Å². The van der Waals surface area contributed by atoms with Crippen LogP contribution in [0.1, 0.15) is 15.9 Å². The Kier molecular flexibility index (Phi) is 4.84. The predicted molar refractivity (Wildman–Crippen MR) is 92.0 cm³/mol. The largest absolute Gasteiger partial charge is 0.381 e. The molecule has 0 radical (unpaired) electrons. The molecule has 124 valence electrons. The highest BCUT2D eigenvalue weighted by atomic mass is 32.1. The fourth-order valence-electron chi connectivity index (χ4n) is 2.48. The van der Waals surface area contributed by atoms with Gasteiger partial charge < -0.3 is 15.2 Å². The second kappa shape index (κ2) is 7.04. The average molecular weight is 343 g/mol. The summed E-state index contributed by atoms with van der Waals surface area (Å²) in [6, 6.07) is 14.3. The topological polar surface area (TPSA) is 84.3 Å². The summed E-state index contributed by atoms with van der Waals surface area (Å²) in [5.41, 5.74) is 1.31. The second-order valence-electron chi connectivity index (χ2n) is 5.48. The lowest BCUT2D eigenvalue weighted by atomic mass is 9.94. The minimum absolute atomic E-state index is 0.0387. The Morgan fingerprint density at radius 1 is 1.21 bits per heavy atom. The number of fused-ring (bicyclic) bond motifs is 1. The van der Waals surface area contributed by atoms with Crippen molar-refractivity contribution < 1.29 is 14.6 Å². The normalized spacial score (nSPS) is 13.6. The van der Waals surface area contributed by atoms with Gasteiger partial charge in [0.25, 0.3) is 5.91 Å². The fourth-order valence-corrected chi connectivity index (χ4v) is 2.99. The number of amides is 1. The highest BCUT2D eigenvalue weighted by molar-refractivity contribution is 7.00. The van der Waals surface area contributed by atoms with Crippen molar-refractivity contribution in [2.75, 3.05) is 20.3 Å². The third-order valence-electron chi connectivity index (χ3n) is 3.75. The van der Waals surface area contributed by atoms with Crippen LogP contribution in [0, 0.1) is 0 Å². The van der Waals surface area contributed by atoms with Gasteiger partial charge in [0.05, 0.1) is 24.9 Å². The van der Waals surface area contributed by atoms with Gasteiger partial charge in [0.1, 0.15) is 16.6 Å². The Morgan fingerprint density at radius 3 is 2.71 bits per heavy atom. The highest BCUT2D eigenvalue weighted by Crippen LogP contribution is 2.21. The number of ether oxygens (including phenoxy) is 1. The maximum absolute atomic E-state index is 12.4. The summed E-state index contributed by atoms with van der Waals surface area (Å²) < 4.78 is 13.4. The van der Waals surface area contributed by atoms with E-state index < -0.39 is 5.60 Å². The minimum Gasteiger partial charge on any atom is -0.381 e. The first-order valence-electron chi connectivity index (χ1n) is 7.40. The summed E-state index contributed by atoms with van der Waals surface area (Å²) in [6.45, 7) is 0.114. The van der Waals surface area contributed by atoms with Gasteiger partial charge >= 0.3 is 0 Å². The molecule has 7 heteroatoms. The van der Waals surface area contributed by atoms with Gasteiger partial charge in [-0.25, -0.2) is 0 Å². The Balaban J connectivity index is 1.75. The van der Waals surface area contributed by atoms with E-state index in [1.54, 1.807) is 30.3 Å². The molecule has 0 aliphatic carbocycles. The van der Waals surface area contributed by atoms with Crippen LogP contribution in [0.5, 0.6) is 0 Å². The number of hydrogen-bond acceptors (Lipinski definition) is 6. The Bertz CT molecular complexity index is 837. The molecule has 3 aromatic rings. The minimum atomic E-state index is -1.29. The maximum Gasteiger partial charge on any atom is 0.251 e. The quantitative estimate of drug-likeness (QED) is 0.715. The lowest BCUT2D eigenvalue weighted by Gasteiger charge is -2.28. The van der Waals surface area contributed by atoms with E-state index >= 15 is 0 Å². The summed E-state index contributed by atoms with van der Waals surface area (Å²) in [5.74, 6) is -0.282. The van der Waals surface area contributed by atoms with Gasteiger partial charge in [-0.2, -0.15) is 8.75 Å². The molecule has 1 amide bonds. The van der Waals surface area contributed by atoms with Crippen LogP contribution in [0.3, 0.4) is 0 Å². The first-order valence-corrected chi connectivity index (χ1v) is 8.13. The van der Waals surface area contributed by atoms with Crippen LogP contribution < -0.4 is 5.32 Å². The molecule has 0 saturated heterocycles. The van der Waals surface area contributed by atoms with E-state index in [1.165, 1.54) is 7.11 Å². The number of nitrogens with one attached hydrogen (secondary N) is 1. The van der Waals surface area contributed by atoms with Crippen LogP contribution in [0.25, 0.3) is 11.0 Å². The van der Waals surface area contributed by atoms with Gasteiger partial charge in [0, 0.05) is 12.7 Å². The third-order valence-corrected chi connectivity index (χ3v) is 4.31. The molecule has 1 aromatic heterocycles. The lowest BCUT2D eigenvalue weighted by Crippen LogP contribution is -2.44. The van der Waals surface area contributed by atoms with Gasteiger partial charge in [-0.15, -0.1) is 0 Å². The average Bonchev–Trinajstić information content (AvgIpc) is 3.08. The molecule has 2 aromatic carbocycles. The molecule has 0 unspecified atom stereocenters. The zero-order valence-corrected chi connectivity index (χ0v) is 13.9. The first-order chi connectivity index (χ1) is 11.6. The number of rotatable bonds is 6. The summed E-state index contributed by atoms with van der Waals surface area (Å²) in [6.07, 6.45) is 0. The number of nitrogens with zero attached hydrogens (tertiary/aromatic N) is 2. The summed E-state index contributed by atoms with van der Waals surface area (Å²) >= 11 is 1.11. The molecular weight excluding hydrogens is 326 g/mol. The van der Waals surface area contributed by atoms with Gasteiger partial charge in [0.15, 0.2) is 0 Å². The van der Waals surface area contributed by atoms with Gasteiger partial charge in [0.2, 0.25) is 0 Å². The monoisotopic (exact) mass is 343 g/mol. The van der Waals surface area contributed by atoms with E-state index in [1.807, 2.05) is 18.2 Å². The van der Waals surface area contributed by atoms with E-state index in [9.17, 15) is 9.90 Å². The van der Waals surface area contributed by atoms with E-state index in [0.29, 0.717) is 16.6 Å². The van der Waals surface area contributed by atoms with Crippen molar-refractivity contribution in [2.24, 2.45) is 0 Å². The smallest absolute Gasteiger partial charge is 0.251 e. The van der Waals surface area contributed by atoms with Crippen molar-refractivity contribution in [3.05, 3.63) is 59.7 Å². The molecule has 1 atom stereocenters. The SMILES string of the molecule is COC[C@](O)(CNC(=O)c1ccc2nsnc2c1)c1ccccc1. The fraction of sp³-hybridized carbons (Fsp3) is 0.235. The van der Waals surface area contributed by atoms with Crippen LogP contribution in [0.2, 0.25) is 0 Å². The van der Waals surface area contributed by atoms with Crippen LogP contribution in [-0.4, -0.2) is 40.0 Å². The van der Waals surface area contributed by atoms with Crippen molar-refractivity contribution in [3.8, 4) is 0 Å². The van der Waals surface area contributed by atoms with Crippen molar-refractivity contribution in [3.63, 3.8) is 0 Å². The molecule has 2 N–H and O–H groups in total. The molecule has 24 heavy (non-hydrogen) atoms. The molecule has 0 saturated carbocycles. The zero-order chi connectivity index (χ0) is 17.0. The van der Waals surface area contributed by atoms with Crippen LogP contribution >= 0.6 is 11.7 Å². The predicted octanol–water partition coefficient (Wildman–Crippen LogP) is 1.96. The number of carbonyl (C=O) groups is 1. The molecule has 0 fully saturated rings. The number of aromatic nitrogens is 2. The van der Waals surface area contributed by atoms with E-state index in [-0.39, 0.29) is 19.1 Å². The molecule has 0 aliphatic rings. The van der Waals surface area contributed by atoms with E-state index in [0.717, 1.165) is 17.2 Å². The third kappa shape index (κ3) is 3.43. The van der Waals surface area contributed by atoms with Gasteiger partial charge in [-0.1, -0.05) is 30.3 Å². The number of carbonyl (C=O) groups excluding carboxylic acids is 1. The Morgan fingerprint density at radius 2 is 1.96 bits per heavy atom. The Labute approximate surface area is 143 Å². The number of benzene rings is 2. The molecule has 1 heterocycles. The molecule has 0 spiro atoms. The zero-order valence-electron chi connectivity index (χ0n) is 13.1. The molecular formula is C17H17N3O3S. The summed E-state index contributed by atoms with van der Waals surface area (Å²) in [4.78, 5) is 12.4. The van der Waals surface area contributed by atoms with Crippen LogP contribution in [0.15, 0.2) is 48.5 Å². The highest BCUT2D eigenvalue weighted by Gasteiger charge is 2.30. The standard InChI is InChI=1S/C17H17N3O3S/c1-23-11-17(22,13-5-3-2-4-6-13)10-18-16(21)12-7-8-14-15(9-12)20-24-19-14/h2-9,22H,10-11H2,1H3,(H,18,21)/t17-/m1/s1. The van der Waals surface area contributed by atoms with E-state index in [4.69, 9.17) is 4.74 Å². The molecule has 6 nitrogen and oxygen atoms in total. The van der Waals surface area contributed by atoms with Gasteiger partial charge in [-0.05, 0) is 23.8 Å². The van der Waals surface area contributed by atoms with E-state index in [2.05, 4.69) is 14.1 Å². The number of methoxy groups -OCH3 is 1. The first kappa shape index (κ1) is 16.5.